The minimum Gasteiger partial charge on any atom is -0.497 e. The Morgan fingerprint density at radius 1 is 1.07 bits per heavy atom. The van der Waals surface area contributed by atoms with Crippen molar-refractivity contribution in [1.29, 1.82) is 0 Å². The molecule has 0 saturated carbocycles. The van der Waals surface area contributed by atoms with Crippen molar-refractivity contribution in [3.8, 4) is 28.7 Å². The molecule has 0 aliphatic carbocycles. The van der Waals surface area contributed by atoms with Gasteiger partial charge in [-0.25, -0.2) is 4.98 Å². The van der Waals surface area contributed by atoms with E-state index in [1.165, 1.54) is 5.56 Å². The van der Waals surface area contributed by atoms with Crippen LogP contribution in [-0.4, -0.2) is 26.8 Å². The Morgan fingerprint density at radius 2 is 1.86 bits per heavy atom. The molecule has 7 heteroatoms. The standard InChI is InChI=1S/C22H20N4O3/c1-14-3-5-16(6-4-14)21-24-22(29-25-21)20-18-12-28-19(11-26(18)13-23-20)15-7-9-17(27-2)10-8-15/h3-10,13,19H,11-12H2,1-2H3. The minimum atomic E-state index is -0.0405. The largest absolute Gasteiger partial charge is 0.497 e. The van der Waals surface area contributed by atoms with Gasteiger partial charge in [0, 0.05) is 5.56 Å². The van der Waals surface area contributed by atoms with E-state index < -0.39 is 0 Å². The summed E-state index contributed by atoms with van der Waals surface area (Å²) >= 11 is 0. The van der Waals surface area contributed by atoms with E-state index in [4.69, 9.17) is 14.0 Å². The molecule has 0 spiro atoms. The maximum atomic E-state index is 6.10. The first kappa shape index (κ1) is 17.6. The van der Waals surface area contributed by atoms with Crippen LogP contribution in [0.4, 0.5) is 0 Å². The van der Waals surface area contributed by atoms with Crippen molar-refractivity contribution < 1.29 is 14.0 Å². The van der Waals surface area contributed by atoms with Crippen molar-refractivity contribution in [3.63, 3.8) is 0 Å². The van der Waals surface area contributed by atoms with E-state index in [0.29, 0.717) is 30.6 Å². The van der Waals surface area contributed by atoms with Crippen LogP contribution in [0.15, 0.2) is 59.4 Å². The highest BCUT2D eigenvalue weighted by atomic mass is 16.5. The van der Waals surface area contributed by atoms with Gasteiger partial charge < -0.3 is 18.6 Å². The predicted octanol–water partition coefficient (Wildman–Crippen LogP) is 4.19. The normalized spacial score (nSPS) is 15.9. The lowest BCUT2D eigenvalue weighted by atomic mass is 10.1. The molecule has 0 amide bonds. The lowest BCUT2D eigenvalue weighted by molar-refractivity contribution is 0.00328. The first-order chi connectivity index (χ1) is 14.2. The van der Waals surface area contributed by atoms with Crippen LogP contribution in [0, 0.1) is 6.92 Å². The third-order valence-corrected chi connectivity index (χ3v) is 5.16. The Hall–Kier alpha value is -3.45. The van der Waals surface area contributed by atoms with Crippen molar-refractivity contribution in [3.05, 3.63) is 71.7 Å². The number of aryl methyl sites for hydroxylation is 1. The molecule has 0 fully saturated rings. The summed E-state index contributed by atoms with van der Waals surface area (Å²) in [7, 11) is 1.66. The maximum Gasteiger partial charge on any atom is 0.278 e. The fourth-order valence-electron chi connectivity index (χ4n) is 3.47. The molecule has 29 heavy (non-hydrogen) atoms. The molecule has 1 unspecified atom stereocenters. The molecule has 5 rings (SSSR count). The van der Waals surface area contributed by atoms with Crippen molar-refractivity contribution in [2.75, 3.05) is 7.11 Å². The quantitative estimate of drug-likeness (QED) is 0.522. The zero-order chi connectivity index (χ0) is 19.8. The van der Waals surface area contributed by atoms with Gasteiger partial charge in [0.2, 0.25) is 5.82 Å². The van der Waals surface area contributed by atoms with Crippen LogP contribution < -0.4 is 4.74 Å². The molecule has 0 N–H and O–H groups in total. The molecular weight excluding hydrogens is 368 g/mol. The molecule has 1 aliphatic heterocycles. The number of hydrogen-bond donors (Lipinski definition) is 0. The molecule has 0 bridgehead atoms. The van der Waals surface area contributed by atoms with Crippen LogP contribution in [0.1, 0.15) is 22.9 Å². The van der Waals surface area contributed by atoms with Gasteiger partial charge in [-0.3, -0.25) is 0 Å². The predicted molar refractivity (Wildman–Crippen MR) is 106 cm³/mol. The fraction of sp³-hybridized carbons (Fsp3) is 0.227. The number of fused-ring (bicyclic) bond motifs is 1. The van der Waals surface area contributed by atoms with Gasteiger partial charge in [-0.15, -0.1) is 0 Å². The van der Waals surface area contributed by atoms with Crippen LogP contribution in [0.3, 0.4) is 0 Å². The Kier molecular flexibility index (Phi) is 4.37. The van der Waals surface area contributed by atoms with Crippen LogP contribution >= 0.6 is 0 Å². The van der Waals surface area contributed by atoms with Crippen molar-refractivity contribution >= 4 is 0 Å². The van der Waals surface area contributed by atoms with Crippen LogP contribution in [0.2, 0.25) is 0 Å². The highest BCUT2D eigenvalue weighted by Crippen LogP contribution is 2.32. The number of hydrogen-bond acceptors (Lipinski definition) is 6. The molecule has 0 saturated heterocycles. The van der Waals surface area contributed by atoms with Crippen molar-refractivity contribution in [2.45, 2.75) is 26.2 Å². The lowest BCUT2D eigenvalue weighted by Gasteiger charge is -2.25. The van der Waals surface area contributed by atoms with Crippen molar-refractivity contribution in [1.82, 2.24) is 19.7 Å². The molecule has 0 radical (unpaired) electrons. The van der Waals surface area contributed by atoms with E-state index in [1.807, 2.05) is 55.5 Å². The van der Waals surface area contributed by atoms with Gasteiger partial charge in [-0.1, -0.05) is 47.1 Å². The number of methoxy groups -OCH3 is 1. The second-order valence-corrected chi connectivity index (χ2v) is 7.05. The third kappa shape index (κ3) is 3.30. The van der Waals surface area contributed by atoms with E-state index in [0.717, 1.165) is 22.6 Å². The topological polar surface area (TPSA) is 75.2 Å². The number of benzene rings is 2. The van der Waals surface area contributed by atoms with Gasteiger partial charge in [0.1, 0.15) is 11.9 Å². The Bertz CT molecular complexity index is 1130. The Labute approximate surface area is 167 Å². The molecule has 1 atom stereocenters. The lowest BCUT2D eigenvalue weighted by Crippen LogP contribution is -2.20. The van der Waals surface area contributed by atoms with E-state index in [1.54, 1.807) is 13.4 Å². The Morgan fingerprint density at radius 3 is 2.62 bits per heavy atom. The number of nitrogens with zero attached hydrogens (tertiary/aromatic N) is 4. The summed E-state index contributed by atoms with van der Waals surface area (Å²) in [4.78, 5) is 9.05. The molecule has 2 aromatic carbocycles. The summed E-state index contributed by atoms with van der Waals surface area (Å²) in [5.41, 5.74) is 4.81. The summed E-state index contributed by atoms with van der Waals surface area (Å²) < 4.78 is 18.9. The number of aromatic nitrogens is 4. The first-order valence-electron chi connectivity index (χ1n) is 9.42. The third-order valence-electron chi connectivity index (χ3n) is 5.16. The molecule has 1 aliphatic rings. The molecule has 146 valence electrons. The van der Waals surface area contributed by atoms with E-state index >= 15 is 0 Å². The molecule has 3 heterocycles. The van der Waals surface area contributed by atoms with Crippen molar-refractivity contribution in [2.24, 2.45) is 0 Å². The molecule has 2 aromatic heterocycles. The van der Waals surface area contributed by atoms with Gasteiger partial charge in [-0.05, 0) is 24.6 Å². The van der Waals surface area contributed by atoms with Gasteiger partial charge in [0.15, 0.2) is 5.69 Å². The average Bonchev–Trinajstić information content (AvgIpc) is 3.41. The SMILES string of the molecule is COc1ccc(C2Cn3cnc(-c4nc(-c5ccc(C)cc5)no4)c3CO2)cc1. The molecule has 4 aromatic rings. The summed E-state index contributed by atoms with van der Waals surface area (Å²) in [6.07, 6.45) is 1.76. The van der Waals surface area contributed by atoms with Crippen LogP contribution in [0.5, 0.6) is 5.75 Å². The molecule has 7 nitrogen and oxygen atoms in total. The van der Waals surface area contributed by atoms with Crippen LogP contribution in [0.25, 0.3) is 23.0 Å². The van der Waals surface area contributed by atoms with E-state index in [-0.39, 0.29) is 6.10 Å². The second-order valence-electron chi connectivity index (χ2n) is 7.05. The second kappa shape index (κ2) is 7.18. The zero-order valence-corrected chi connectivity index (χ0v) is 16.2. The van der Waals surface area contributed by atoms with Gasteiger partial charge in [0.05, 0.1) is 32.3 Å². The monoisotopic (exact) mass is 388 g/mol. The first-order valence-corrected chi connectivity index (χ1v) is 9.42. The summed E-state index contributed by atoms with van der Waals surface area (Å²) in [5.74, 6) is 1.78. The number of imidazole rings is 1. The number of rotatable bonds is 4. The number of ether oxygens (including phenoxy) is 2. The van der Waals surface area contributed by atoms with Gasteiger partial charge in [-0.2, -0.15) is 4.98 Å². The minimum absolute atomic E-state index is 0.0405. The average molecular weight is 388 g/mol. The highest BCUT2D eigenvalue weighted by Gasteiger charge is 2.26. The maximum absolute atomic E-state index is 6.10. The van der Waals surface area contributed by atoms with E-state index in [9.17, 15) is 0 Å². The summed E-state index contributed by atoms with van der Waals surface area (Å²) in [6, 6.07) is 16.0. The van der Waals surface area contributed by atoms with Crippen LogP contribution in [-0.2, 0) is 17.9 Å². The smallest absolute Gasteiger partial charge is 0.278 e. The fourth-order valence-corrected chi connectivity index (χ4v) is 3.47. The van der Waals surface area contributed by atoms with E-state index in [2.05, 4.69) is 19.7 Å². The molecular formula is C22H20N4O3. The van der Waals surface area contributed by atoms with Gasteiger partial charge >= 0.3 is 0 Å². The summed E-state index contributed by atoms with van der Waals surface area (Å²) in [5, 5.41) is 4.11. The summed E-state index contributed by atoms with van der Waals surface area (Å²) in [6.45, 7) is 3.14. The zero-order valence-electron chi connectivity index (χ0n) is 16.2. The highest BCUT2D eigenvalue weighted by molar-refractivity contribution is 5.59. The van der Waals surface area contributed by atoms with Gasteiger partial charge in [0.25, 0.3) is 5.89 Å². The Balaban J connectivity index is 1.38.